The number of hydrogen-bond acceptors (Lipinski definition) is 6. The summed E-state index contributed by atoms with van der Waals surface area (Å²) in [5.41, 5.74) is 1.24. The molecule has 2 aromatic carbocycles. The third-order valence-corrected chi connectivity index (χ3v) is 6.24. The molecule has 1 aromatic heterocycles. The summed E-state index contributed by atoms with van der Waals surface area (Å²) in [5.74, 6) is -0.461. The van der Waals surface area contributed by atoms with Crippen LogP contribution < -0.4 is 9.47 Å². The van der Waals surface area contributed by atoms with Gasteiger partial charge < -0.3 is 19.5 Å². The molecule has 1 amide bonds. The lowest BCUT2D eigenvalue weighted by Gasteiger charge is -2.25. The van der Waals surface area contributed by atoms with E-state index in [1.807, 2.05) is 47.8 Å². The van der Waals surface area contributed by atoms with Crippen molar-refractivity contribution in [2.45, 2.75) is 12.6 Å². The quantitative estimate of drug-likeness (QED) is 0.380. The lowest BCUT2D eigenvalue weighted by atomic mass is 9.95. The Morgan fingerprint density at radius 2 is 1.77 bits per heavy atom. The number of thiophene rings is 1. The highest BCUT2D eigenvalue weighted by Gasteiger charge is 2.46. The highest BCUT2D eigenvalue weighted by molar-refractivity contribution is 7.09. The van der Waals surface area contributed by atoms with Gasteiger partial charge in [0.1, 0.15) is 19.0 Å². The molecule has 0 spiro atoms. The fourth-order valence-electron chi connectivity index (χ4n) is 3.94. The largest absolute Gasteiger partial charge is 0.507 e. The van der Waals surface area contributed by atoms with Gasteiger partial charge in [0.15, 0.2) is 11.5 Å². The SMILES string of the molecule is O=C1C(=O)N(Cc2cccs2)C(c2ccccc2)/C1=C(\O)c1ccc2c(c1)OCCO2. The third-order valence-electron chi connectivity index (χ3n) is 5.38. The monoisotopic (exact) mass is 433 g/mol. The van der Waals surface area contributed by atoms with E-state index in [0.29, 0.717) is 36.8 Å². The molecule has 0 aliphatic carbocycles. The fraction of sp³-hybridized carbons (Fsp3) is 0.167. The summed E-state index contributed by atoms with van der Waals surface area (Å²) in [6.07, 6.45) is 0. The average molecular weight is 433 g/mol. The topological polar surface area (TPSA) is 76.1 Å². The molecule has 0 bridgehead atoms. The minimum absolute atomic E-state index is 0.0735. The van der Waals surface area contributed by atoms with Crippen molar-refractivity contribution in [2.24, 2.45) is 0 Å². The second-order valence-electron chi connectivity index (χ2n) is 7.28. The van der Waals surface area contributed by atoms with Gasteiger partial charge in [-0.2, -0.15) is 0 Å². The summed E-state index contributed by atoms with van der Waals surface area (Å²) in [6.45, 7) is 1.16. The smallest absolute Gasteiger partial charge is 0.295 e. The molecule has 1 unspecified atom stereocenters. The molecule has 6 nitrogen and oxygen atoms in total. The number of carbonyl (C=O) groups excluding carboxylic acids is 2. The molecule has 2 aliphatic rings. The lowest BCUT2D eigenvalue weighted by Crippen LogP contribution is -2.28. The van der Waals surface area contributed by atoms with Crippen LogP contribution in [-0.4, -0.2) is 34.9 Å². The molecule has 0 radical (unpaired) electrons. The fourth-order valence-corrected chi connectivity index (χ4v) is 4.64. The number of hydrogen-bond donors (Lipinski definition) is 1. The maximum atomic E-state index is 13.1. The van der Waals surface area contributed by atoms with Gasteiger partial charge in [-0.3, -0.25) is 9.59 Å². The Kier molecular flexibility index (Phi) is 4.95. The predicted octanol–water partition coefficient (Wildman–Crippen LogP) is 4.14. The number of nitrogens with zero attached hydrogens (tertiary/aromatic N) is 1. The molecule has 3 aromatic rings. The van der Waals surface area contributed by atoms with Gasteiger partial charge in [-0.15, -0.1) is 11.3 Å². The van der Waals surface area contributed by atoms with Crippen LogP contribution in [0.2, 0.25) is 0 Å². The van der Waals surface area contributed by atoms with Gasteiger partial charge in [0.25, 0.3) is 11.7 Å². The maximum absolute atomic E-state index is 13.1. The number of aliphatic hydroxyl groups excluding tert-OH is 1. The van der Waals surface area contributed by atoms with E-state index >= 15 is 0 Å². The predicted molar refractivity (Wildman–Crippen MR) is 116 cm³/mol. The van der Waals surface area contributed by atoms with E-state index in [-0.39, 0.29) is 11.3 Å². The molecule has 1 N–H and O–H groups in total. The molecule has 7 heteroatoms. The number of Topliss-reactive ketones (excluding diaryl/α,β-unsaturated/α-hetero) is 1. The maximum Gasteiger partial charge on any atom is 0.295 e. The number of amides is 1. The van der Waals surface area contributed by atoms with Crippen LogP contribution in [0.1, 0.15) is 22.0 Å². The average Bonchev–Trinajstić information content (AvgIpc) is 3.41. The summed E-state index contributed by atoms with van der Waals surface area (Å²) in [6, 6.07) is 17.4. The van der Waals surface area contributed by atoms with Crippen molar-refractivity contribution in [1.29, 1.82) is 0 Å². The highest BCUT2D eigenvalue weighted by Crippen LogP contribution is 2.41. The first-order chi connectivity index (χ1) is 15.1. The summed E-state index contributed by atoms with van der Waals surface area (Å²) in [4.78, 5) is 28.5. The number of ketones is 1. The van der Waals surface area contributed by atoms with E-state index < -0.39 is 17.7 Å². The van der Waals surface area contributed by atoms with E-state index in [9.17, 15) is 14.7 Å². The van der Waals surface area contributed by atoms with Crippen molar-refractivity contribution in [3.8, 4) is 11.5 Å². The number of carbonyl (C=O) groups is 2. The summed E-state index contributed by atoms with van der Waals surface area (Å²) in [7, 11) is 0. The van der Waals surface area contributed by atoms with Crippen molar-refractivity contribution in [2.75, 3.05) is 13.2 Å². The zero-order valence-electron chi connectivity index (χ0n) is 16.5. The minimum atomic E-state index is -0.696. The Bertz CT molecular complexity index is 1170. The van der Waals surface area contributed by atoms with Crippen LogP contribution in [-0.2, 0) is 16.1 Å². The minimum Gasteiger partial charge on any atom is -0.507 e. The number of rotatable bonds is 4. The van der Waals surface area contributed by atoms with Gasteiger partial charge in [-0.1, -0.05) is 36.4 Å². The molecule has 1 saturated heterocycles. The van der Waals surface area contributed by atoms with Crippen molar-refractivity contribution in [3.63, 3.8) is 0 Å². The molecular formula is C24H19NO5S. The number of ether oxygens (including phenoxy) is 2. The first-order valence-corrected chi connectivity index (χ1v) is 10.8. The lowest BCUT2D eigenvalue weighted by molar-refractivity contribution is -0.140. The number of fused-ring (bicyclic) bond motifs is 1. The molecule has 0 saturated carbocycles. The van der Waals surface area contributed by atoms with E-state index in [4.69, 9.17) is 9.47 Å². The molecule has 31 heavy (non-hydrogen) atoms. The summed E-state index contributed by atoms with van der Waals surface area (Å²) in [5, 5.41) is 13.1. The molecule has 1 fully saturated rings. The molecule has 3 heterocycles. The summed E-state index contributed by atoms with van der Waals surface area (Å²) < 4.78 is 11.1. The van der Waals surface area contributed by atoms with Crippen molar-refractivity contribution in [3.05, 3.63) is 87.6 Å². The molecule has 156 valence electrons. The Hall–Kier alpha value is -3.58. The van der Waals surface area contributed by atoms with E-state index in [0.717, 1.165) is 10.4 Å². The second-order valence-corrected chi connectivity index (χ2v) is 8.31. The molecular weight excluding hydrogens is 414 g/mol. The first kappa shape index (κ1) is 19.4. The zero-order chi connectivity index (χ0) is 21.4. The molecule has 5 rings (SSSR count). The summed E-state index contributed by atoms with van der Waals surface area (Å²) >= 11 is 1.52. The molecule has 2 aliphatic heterocycles. The Labute approximate surface area is 183 Å². The second kappa shape index (κ2) is 7.92. The Morgan fingerprint density at radius 1 is 1.00 bits per heavy atom. The standard InChI is InChI=1S/C24H19NO5S/c26-22(16-8-9-18-19(13-16)30-11-10-29-18)20-21(15-5-2-1-3-6-15)25(24(28)23(20)27)14-17-7-4-12-31-17/h1-9,12-13,21,26H,10-11,14H2/b22-20+. The number of benzene rings is 2. The van der Waals surface area contributed by atoms with Crippen LogP contribution in [0.4, 0.5) is 0 Å². The van der Waals surface area contributed by atoms with Crippen molar-refractivity contribution < 1.29 is 24.2 Å². The Morgan fingerprint density at radius 3 is 2.52 bits per heavy atom. The van der Waals surface area contributed by atoms with E-state index in [2.05, 4.69) is 0 Å². The van der Waals surface area contributed by atoms with Crippen LogP contribution in [0.15, 0.2) is 71.6 Å². The number of likely N-dealkylation sites (tertiary alicyclic amines) is 1. The van der Waals surface area contributed by atoms with Crippen LogP contribution in [0.5, 0.6) is 11.5 Å². The van der Waals surface area contributed by atoms with Gasteiger partial charge in [0.2, 0.25) is 0 Å². The molecule has 1 atom stereocenters. The van der Waals surface area contributed by atoms with Gasteiger partial charge >= 0.3 is 0 Å². The van der Waals surface area contributed by atoms with Gasteiger partial charge in [0, 0.05) is 10.4 Å². The van der Waals surface area contributed by atoms with Crippen LogP contribution in [0.3, 0.4) is 0 Å². The van der Waals surface area contributed by atoms with Crippen molar-refractivity contribution in [1.82, 2.24) is 4.90 Å². The van der Waals surface area contributed by atoms with Gasteiger partial charge in [-0.05, 0) is 35.2 Å². The number of aliphatic hydroxyl groups is 1. The first-order valence-electron chi connectivity index (χ1n) is 9.89. The van der Waals surface area contributed by atoms with Crippen LogP contribution in [0, 0.1) is 0 Å². The van der Waals surface area contributed by atoms with Crippen LogP contribution >= 0.6 is 11.3 Å². The zero-order valence-corrected chi connectivity index (χ0v) is 17.3. The Balaban J connectivity index is 1.63. The van der Waals surface area contributed by atoms with E-state index in [1.54, 1.807) is 18.2 Å². The van der Waals surface area contributed by atoms with Gasteiger partial charge in [0.05, 0.1) is 18.2 Å². The highest BCUT2D eigenvalue weighted by atomic mass is 32.1. The third kappa shape index (κ3) is 3.47. The van der Waals surface area contributed by atoms with E-state index in [1.165, 1.54) is 16.2 Å². The van der Waals surface area contributed by atoms with Crippen LogP contribution in [0.25, 0.3) is 5.76 Å². The van der Waals surface area contributed by atoms with Gasteiger partial charge in [-0.25, -0.2) is 0 Å². The normalized spacial score (nSPS) is 19.6. The van der Waals surface area contributed by atoms with Crippen molar-refractivity contribution >= 4 is 28.8 Å².